The third-order valence-electron chi connectivity index (χ3n) is 3.36. The second kappa shape index (κ2) is 6.83. The van der Waals surface area contributed by atoms with Gasteiger partial charge in [0.15, 0.2) is 0 Å². The molecule has 1 N–H and O–H groups in total. The zero-order chi connectivity index (χ0) is 16.1. The third kappa shape index (κ3) is 4.00. The van der Waals surface area contributed by atoms with E-state index >= 15 is 0 Å². The van der Waals surface area contributed by atoms with Crippen LogP contribution in [-0.4, -0.2) is 20.7 Å². The van der Waals surface area contributed by atoms with E-state index in [-0.39, 0.29) is 18.1 Å². The Hall–Kier alpha value is -3.02. The van der Waals surface area contributed by atoms with E-state index in [0.29, 0.717) is 17.8 Å². The van der Waals surface area contributed by atoms with Crippen LogP contribution in [-0.2, 0) is 17.8 Å². The van der Waals surface area contributed by atoms with Crippen molar-refractivity contribution in [3.05, 3.63) is 78.1 Å². The summed E-state index contributed by atoms with van der Waals surface area (Å²) in [5.41, 5.74) is 2.10. The van der Waals surface area contributed by atoms with Crippen molar-refractivity contribution in [2.45, 2.75) is 13.0 Å². The molecule has 23 heavy (non-hydrogen) atoms. The molecular weight excluding hydrogens is 295 g/mol. The Balaban J connectivity index is 1.59. The molecule has 0 aliphatic rings. The first kappa shape index (κ1) is 14.9. The van der Waals surface area contributed by atoms with E-state index in [0.717, 1.165) is 5.56 Å². The number of benzene rings is 2. The fourth-order valence-electron chi connectivity index (χ4n) is 2.21. The van der Waals surface area contributed by atoms with Gasteiger partial charge in [-0.1, -0.05) is 30.3 Å². The molecule has 2 aromatic carbocycles. The maximum absolute atomic E-state index is 13.5. The van der Waals surface area contributed by atoms with Crippen molar-refractivity contribution in [2.75, 3.05) is 5.32 Å². The van der Waals surface area contributed by atoms with Crippen molar-refractivity contribution < 1.29 is 9.18 Å². The van der Waals surface area contributed by atoms with E-state index < -0.39 is 0 Å². The highest BCUT2D eigenvalue weighted by atomic mass is 19.1. The highest BCUT2D eigenvalue weighted by molar-refractivity contribution is 5.92. The minimum atomic E-state index is -0.370. The quantitative estimate of drug-likeness (QED) is 0.788. The monoisotopic (exact) mass is 310 g/mol. The number of anilines is 1. The fraction of sp³-hybridized carbons (Fsp3) is 0.118. The summed E-state index contributed by atoms with van der Waals surface area (Å²) in [5, 5.41) is 6.80. The number of halogens is 1. The average molecular weight is 310 g/mol. The first-order valence-corrected chi connectivity index (χ1v) is 7.15. The van der Waals surface area contributed by atoms with Gasteiger partial charge in [0.05, 0.1) is 13.0 Å². The number of rotatable bonds is 5. The number of hydrogen-bond donors (Lipinski definition) is 1. The molecule has 0 bridgehead atoms. The van der Waals surface area contributed by atoms with Crippen molar-refractivity contribution in [3.63, 3.8) is 0 Å². The van der Waals surface area contributed by atoms with Crippen LogP contribution in [0, 0.1) is 5.82 Å². The topological polar surface area (TPSA) is 59.8 Å². The van der Waals surface area contributed by atoms with Gasteiger partial charge in [-0.3, -0.25) is 4.79 Å². The molecule has 0 spiro atoms. The molecule has 0 saturated heterocycles. The van der Waals surface area contributed by atoms with E-state index in [4.69, 9.17) is 0 Å². The molecule has 3 rings (SSSR count). The summed E-state index contributed by atoms with van der Waals surface area (Å²) in [5.74, 6) is -0.620. The largest absolute Gasteiger partial charge is 0.326 e. The van der Waals surface area contributed by atoms with E-state index in [1.165, 1.54) is 12.4 Å². The zero-order valence-electron chi connectivity index (χ0n) is 12.3. The van der Waals surface area contributed by atoms with Gasteiger partial charge in [-0.2, -0.15) is 5.10 Å². The number of nitrogens with zero attached hydrogens (tertiary/aromatic N) is 3. The minimum absolute atomic E-state index is 0.00732. The fourth-order valence-corrected chi connectivity index (χ4v) is 2.21. The van der Waals surface area contributed by atoms with Gasteiger partial charge in [-0.05, 0) is 29.3 Å². The number of aromatic nitrogens is 3. The summed E-state index contributed by atoms with van der Waals surface area (Å²) in [6, 6.07) is 13.7. The Bertz CT molecular complexity index is 785. The van der Waals surface area contributed by atoms with E-state index in [9.17, 15) is 9.18 Å². The van der Waals surface area contributed by atoms with Gasteiger partial charge in [-0.25, -0.2) is 14.1 Å². The predicted molar refractivity (Wildman–Crippen MR) is 84.3 cm³/mol. The molecule has 0 atom stereocenters. The Morgan fingerprint density at radius 3 is 2.61 bits per heavy atom. The molecule has 0 unspecified atom stereocenters. The van der Waals surface area contributed by atoms with Crippen LogP contribution in [0.2, 0.25) is 0 Å². The molecule has 1 heterocycles. The van der Waals surface area contributed by atoms with Gasteiger partial charge in [0.25, 0.3) is 0 Å². The van der Waals surface area contributed by atoms with Crippen LogP contribution in [0.25, 0.3) is 0 Å². The van der Waals surface area contributed by atoms with Gasteiger partial charge >= 0.3 is 0 Å². The van der Waals surface area contributed by atoms with Crippen molar-refractivity contribution in [2.24, 2.45) is 0 Å². The molecule has 6 heteroatoms. The van der Waals surface area contributed by atoms with Gasteiger partial charge in [0, 0.05) is 5.69 Å². The lowest BCUT2D eigenvalue weighted by Gasteiger charge is -2.07. The van der Waals surface area contributed by atoms with Crippen LogP contribution in [0.5, 0.6) is 0 Å². The summed E-state index contributed by atoms with van der Waals surface area (Å²) in [6.07, 6.45) is 3.13. The minimum Gasteiger partial charge on any atom is -0.326 e. The molecule has 1 amide bonds. The molecule has 0 radical (unpaired) electrons. The van der Waals surface area contributed by atoms with Crippen molar-refractivity contribution in [1.82, 2.24) is 14.8 Å². The lowest BCUT2D eigenvalue weighted by molar-refractivity contribution is -0.115. The smallest absolute Gasteiger partial charge is 0.228 e. The second-order valence-electron chi connectivity index (χ2n) is 5.11. The maximum Gasteiger partial charge on any atom is 0.228 e. The number of nitrogens with one attached hydrogen (secondary N) is 1. The molecule has 1 aromatic heterocycles. The van der Waals surface area contributed by atoms with Crippen molar-refractivity contribution >= 4 is 11.6 Å². The predicted octanol–water partition coefficient (Wildman–Crippen LogP) is 2.65. The van der Waals surface area contributed by atoms with Gasteiger partial charge in [-0.15, -0.1) is 0 Å². The zero-order valence-corrected chi connectivity index (χ0v) is 12.3. The molecule has 0 saturated carbocycles. The highest BCUT2D eigenvalue weighted by Gasteiger charge is 2.08. The summed E-state index contributed by atoms with van der Waals surface area (Å²) in [4.78, 5) is 15.9. The van der Waals surface area contributed by atoms with Crippen LogP contribution in [0.4, 0.5) is 10.1 Å². The standard InChI is InChI=1S/C17H15FN4O/c18-16-4-2-1-3-14(16)9-17(23)21-15-7-5-13(6-8-15)10-22-12-19-11-20-22/h1-8,11-12H,9-10H2,(H,21,23). The normalized spacial score (nSPS) is 10.5. The van der Waals surface area contributed by atoms with Crippen molar-refractivity contribution in [1.29, 1.82) is 0 Å². The first-order valence-electron chi connectivity index (χ1n) is 7.15. The van der Waals surface area contributed by atoms with Gasteiger partial charge in [0.2, 0.25) is 5.91 Å². The lowest BCUT2D eigenvalue weighted by atomic mass is 10.1. The number of carbonyl (C=O) groups is 1. The summed E-state index contributed by atoms with van der Waals surface area (Å²) < 4.78 is 15.2. The molecule has 3 aromatic rings. The molecule has 116 valence electrons. The Labute approximate surface area is 132 Å². The third-order valence-corrected chi connectivity index (χ3v) is 3.36. The van der Waals surface area contributed by atoms with Crippen LogP contribution in [0.3, 0.4) is 0 Å². The Morgan fingerprint density at radius 1 is 1.13 bits per heavy atom. The Morgan fingerprint density at radius 2 is 1.91 bits per heavy atom. The van der Waals surface area contributed by atoms with Gasteiger partial charge in [0.1, 0.15) is 18.5 Å². The van der Waals surface area contributed by atoms with Gasteiger partial charge < -0.3 is 5.32 Å². The van der Waals surface area contributed by atoms with Crippen LogP contribution in [0.15, 0.2) is 61.2 Å². The van der Waals surface area contributed by atoms with Crippen LogP contribution in [0.1, 0.15) is 11.1 Å². The first-order chi connectivity index (χ1) is 11.2. The number of hydrogen-bond acceptors (Lipinski definition) is 3. The summed E-state index contributed by atoms with van der Waals surface area (Å²) in [7, 11) is 0. The molecule has 0 aliphatic heterocycles. The highest BCUT2D eigenvalue weighted by Crippen LogP contribution is 2.12. The Kier molecular flexibility index (Phi) is 4.42. The molecular formula is C17H15FN4O. The lowest BCUT2D eigenvalue weighted by Crippen LogP contribution is -2.15. The van der Waals surface area contributed by atoms with E-state index in [2.05, 4.69) is 15.4 Å². The maximum atomic E-state index is 13.5. The number of carbonyl (C=O) groups excluding carboxylic acids is 1. The number of amides is 1. The summed E-state index contributed by atoms with van der Waals surface area (Å²) >= 11 is 0. The van der Waals surface area contributed by atoms with Crippen molar-refractivity contribution in [3.8, 4) is 0 Å². The summed E-state index contributed by atoms with van der Waals surface area (Å²) in [6.45, 7) is 0.615. The average Bonchev–Trinajstić information content (AvgIpc) is 3.04. The molecule has 5 nitrogen and oxygen atoms in total. The van der Waals surface area contributed by atoms with Crippen LogP contribution < -0.4 is 5.32 Å². The molecule has 0 fully saturated rings. The molecule has 0 aliphatic carbocycles. The van der Waals surface area contributed by atoms with E-state index in [1.807, 2.05) is 24.3 Å². The van der Waals surface area contributed by atoms with Crippen LogP contribution >= 0.6 is 0 Å². The SMILES string of the molecule is O=C(Cc1ccccc1F)Nc1ccc(Cn2cncn2)cc1. The van der Waals surface area contributed by atoms with E-state index in [1.54, 1.807) is 29.2 Å². The second-order valence-corrected chi connectivity index (χ2v) is 5.11.